The van der Waals surface area contributed by atoms with Crippen molar-refractivity contribution in [2.45, 2.75) is 84.7 Å². The molecule has 0 aromatic carbocycles. The van der Waals surface area contributed by atoms with E-state index >= 15 is 0 Å². The maximum absolute atomic E-state index is 11.3. The zero-order valence-corrected chi connectivity index (χ0v) is 17.3. The van der Waals surface area contributed by atoms with Gasteiger partial charge < -0.3 is 9.52 Å². The molecule has 1 heterocycles. The minimum absolute atomic E-state index is 0.0620. The van der Waals surface area contributed by atoms with Gasteiger partial charge in [0.2, 0.25) is 0 Å². The minimum Gasteiger partial charge on any atom is -0.462 e. The number of aryl methyl sites for hydroxylation is 1. The highest BCUT2D eigenvalue weighted by atomic mass is 16.3. The van der Waals surface area contributed by atoms with E-state index in [-0.39, 0.29) is 11.5 Å². The number of aliphatic hydroxyl groups is 1. The molecule has 4 fully saturated rings. The molecule has 1 aromatic rings. The van der Waals surface area contributed by atoms with E-state index in [0.29, 0.717) is 11.3 Å². The van der Waals surface area contributed by atoms with Crippen LogP contribution in [-0.2, 0) is 0 Å². The predicted molar refractivity (Wildman–Crippen MR) is 109 cm³/mol. The van der Waals surface area contributed by atoms with Crippen molar-refractivity contribution in [1.29, 1.82) is 0 Å². The quantitative estimate of drug-likeness (QED) is 0.624. The average molecular weight is 369 g/mol. The molecular weight excluding hydrogens is 332 g/mol. The topological polar surface area (TPSA) is 33.4 Å². The molecule has 0 saturated heterocycles. The van der Waals surface area contributed by atoms with Gasteiger partial charge >= 0.3 is 0 Å². The van der Waals surface area contributed by atoms with Crippen molar-refractivity contribution in [3.05, 3.63) is 29.2 Å². The zero-order chi connectivity index (χ0) is 18.8. The minimum atomic E-state index is -0.300. The van der Waals surface area contributed by atoms with Gasteiger partial charge in [0, 0.05) is 5.41 Å². The van der Waals surface area contributed by atoms with Gasteiger partial charge in [0.05, 0.1) is 6.10 Å². The van der Waals surface area contributed by atoms with Crippen molar-refractivity contribution < 1.29 is 9.52 Å². The summed E-state index contributed by atoms with van der Waals surface area (Å²) < 4.78 is 5.79. The second-order valence-corrected chi connectivity index (χ2v) is 10.7. The molecule has 0 bridgehead atoms. The highest BCUT2D eigenvalue weighted by Crippen LogP contribution is 2.67. The van der Waals surface area contributed by atoms with Crippen molar-refractivity contribution in [3.63, 3.8) is 0 Å². The van der Waals surface area contributed by atoms with E-state index in [1.165, 1.54) is 56.9 Å². The summed E-state index contributed by atoms with van der Waals surface area (Å²) >= 11 is 0. The Morgan fingerprint density at radius 2 is 1.85 bits per heavy atom. The van der Waals surface area contributed by atoms with Crippen LogP contribution in [0.4, 0.5) is 0 Å². The summed E-state index contributed by atoms with van der Waals surface area (Å²) in [6.07, 6.45) is 14.0. The first-order valence-corrected chi connectivity index (χ1v) is 11.4. The summed E-state index contributed by atoms with van der Waals surface area (Å²) in [7, 11) is 0. The summed E-state index contributed by atoms with van der Waals surface area (Å²) in [6, 6.07) is 4.06. The molecule has 2 heteroatoms. The first-order chi connectivity index (χ1) is 12.9. The molecule has 7 atom stereocenters. The Kier molecular flexibility index (Phi) is 4.17. The van der Waals surface area contributed by atoms with Crippen molar-refractivity contribution in [3.8, 4) is 0 Å². The molecule has 0 spiro atoms. The third kappa shape index (κ3) is 2.62. The van der Waals surface area contributed by atoms with Gasteiger partial charge in [-0.1, -0.05) is 26.7 Å². The van der Waals surface area contributed by atoms with Crippen molar-refractivity contribution in [1.82, 2.24) is 0 Å². The third-order valence-electron chi connectivity index (χ3n) is 9.54. The van der Waals surface area contributed by atoms with Crippen molar-refractivity contribution in [2.24, 2.45) is 34.5 Å². The molecule has 0 amide bonds. The van der Waals surface area contributed by atoms with Crippen LogP contribution >= 0.6 is 0 Å². The van der Waals surface area contributed by atoms with E-state index in [2.05, 4.69) is 19.9 Å². The number of furan rings is 1. The second-order valence-electron chi connectivity index (χ2n) is 10.7. The number of hydrogen-bond acceptors (Lipinski definition) is 2. The predicted octanol–water partition coefficient (Wildman–Crippen LogP) is 6.38. The van der Waals surface area contributed by atoms with Crippen LogP contribution in [0.25, 0.3) is 6.08 Å². The SMILES string of the molecule is Cc1ccc(/C=C2\C[C@H]3[C@@H]4CC[C@H]5CCCC[C@]5(C)[C@H]4CC[C@]3(C)[C@@H]2O)o1. The summed E-state index contributed by atoms with van der Waals surface area (Å²) in [4.78, 5) is 0. The largest absolute Gasteiger partial charge is 0.462 e. The Labute approximate surface area is 164 Å². The molecule has 5 rings (SSSR count). The molecule has 2 nitrogen and oxygen atoms in total. The average Bonchev–Trinajstić information content (AvgIpc) is 3.16. The van der Waals surface area contributed by atoms with Crippen LogP contribution in [-0.4, -0.2) is 11.2 Å². The normalized spacial score (nSPS) is 48.1. The van der Waals surface area contributed by atoms with Gasteiger partial charge in [-0.3, -0.25) is 0 Å². The van der Waals surface area contributed by atoms with Crippen LogP contribution in [0.15, 0.2) is 22.1 Å². The summed E-state index contributed by atoms with van der Waals surface area (Å²) in [5.74, 6) is 5.15. The van der Waals surface area contributed by atoms with Crippen LogP contribution in [0.5, 0.6) is 0 Å². The molecule has 1 N–H and O–H groups in total. The van der Waals surface area contributed by atoms with Gasteiger partial charge in [-0.05, 0) is 105 Å². The molecule has 4 aliphatic rings. The molecule has 0 unspecified atom stereocenters. The zero-order valence-electron chi connectivity index (χ0n) is 17.3. The molecule has 0 aliphatic heterocycles. The first-order valence-electron chi connectivity index (χ1n) is 11.4. The molecular formula is C25H36O2. The Balaban J connectivity index is 1.45. The van der Waals surface area contributed by atoms with Crippen molar-refractivity contribution in [2.75, 3.05) is 0 Å². The lowest BCUT2D eigenvalue weighted by molar-refractivity contribution is -0.119. The molecule has 4 saturated carbocycles. The number of aliphatic hydroxyl groups excluding tert-OH is 1. The van der Waals surface area contributed by atoms with Crippen LogP contribution in [0, 0.1) is 41.4 Å². The Bertz CT molecular complexity index is 745. The van der Waals surface area contributed by atoms with E-state index in [9.17, 15) is 5.11 Å². The summed E-state index contributed by atoms with van der Waals surface area (Å²) in [5, 5.41) is 11.3. The number of hydrogen-bond donors (Lipinski definition) is 1. The van der Waals surface area contributed by atoms with Crippen molar-refractivity contribution >= 4 is 6.08 Å². The highest BCUT2D eigenvalue weighted by molar-refractivity contribution is 5.51. The van der Waals surface area contributed by atoms with Crippen LogP contribution in [0.2, 0.25) is 0 Å². The van der Waals surface area contributed by atoms with Gasteiger partial charge in [0.1, 0.15) is 11.5 Å². The number of rotatable bonds is 1. The van der Waals surface area contributed by atoms with E-state index in [0.717, 1.165) is 35.7 Å². The highest BCUT2D eigenvalue weighted by Gasteiger charge is 2.60. The van der Waals surface area contributed by atoms with Gasteiger partial charge in [-0.15, -0.1) is 0 Å². The van der Waals surface area contributed by atoms with Gasteiger partial charge in [0.15, 0.2) is 0 Å². The standard InChI is InChI=1S/C25H36O2/c1-16-7-9-19(27-16)14-17-15-22-20-10-8-18-6-4-5-12-24(18,2)21(20)11-13-25(22,3)23(17)26/h7,9,14,18,20-23,26H,4-6,8,10-13,15H2,1-3H3/b17-14+/t18-,20-,21+,22+,23-,24+,25+/m1/s1. The second kappa shape index (κ2) is 6.24. The summed E-state index contributed by atoms with van der Waals surface area (Å²) in [5.41, 5.74) is 1.85. The van der Waals surface area contributed by atoms with Crippen LogP contribution in [0.3, 0.4) is 0 Å². The monoisotopic (exact) mass is 368 g/mol. The lowest BCUT2D eigenvalue weighted by atomic mass is 9.45. The number of fused-ring (bicyclic) bond motifs is 5. The Morgan fingerprint density at radius 3 is 2.63 bits per heavy atom. The maximum Gasteiger partial charge on any atom is 0.127 e. The third-order valence-corrected chi connectivity index (χ3v) is 9.54. The van der Waals surface area contributed by atoms with Crippen LogP contribution < -0.4 is 0 Å². The van der Waals surface area contributed by atoms with E-state index in [1.807, 2.05) is 19.1 Å². The molecule has 148 valence electrons. The van der Waals surface area contributed by atoms with Gasteiger partial charge in [0.25, 0.3) is 0 Å². The Morgan fingerprint density at radius 1 is 1.00 bits per heavy atom. The fourth-order valence-corrected chi connectivity index (χ4v) is 8.01. The lowest BCUT2D eigenvalue weighted by Gasteiger charge is -2.60. The Hall–Kier alpha value is -1.02. The van der Waals surface area contributed by atoms with Crippen LogP contribution in [0.1, 0.15) is 83.2 Å². The fraction of sp³-hybridized carbons (Fsp3) is 0.760. The van der Waals surface area contributed by atoms with E-state index < -0.39 is 0 Å². The smallest absolute Gasteiger partial charge is 0.127 e. The fourth-order valence-electron chi connectivity index (χ4n) is 8.01. The first kappa shape index (κ1) is 18.0. The molecule has 0 radical (unpaired) electrons. The molecule has 1 aromatic heterocycles. The van der Waals surface area contributed by atoms with E-state index in [1.54, 1.807) is 0 Å². The van der Waals surface area contributed by atoms with Gasteiger partial charge in [-0.25, -0.2) is 0 Å². The lowest BCUT2D eigenvalue weighted by Crippen LogP contribution is -2.53. The summed E-state index contributed by atoms with van der Waals surface area (Å²) in [6.45, 7) is 6.99. The molecule has 27 heavy (non-hydrogen) atoms. The van der Waals surface area contributed by atoms with Gasteiger partial charge in [-0.2, -0.15) is 0 Å². The molecule has 4 aliphatic carbocycles. The van der Waals surface area contributed by atoms with E-state index in [4.69, 9.17) is 4.42 Å². The maximum atomic E-state index is 11.3.